The summed E-state index contributed by atoms with van der Waals surface area (Å²) in [6, 6.07) is 21.4. The molecule has 0 fully saturated rings. The molecule has 0 amide bonds. The van der Waals surface area contributed by atoms with Gasteiger partial charge in [0.1, 0.15) is 0 Å². The molecule has 0 unspecified atom stereocenters. The normalized spacial score (nSPS) is 10.0. The number of benzene rings is 3. The first-order valence-electron chi connectivity index (χ1n) is 6.87. The zero-order chi connectivity index (χ0) is 15.9. The Morgan fingerprint density at radius 2 is 0.909 bits per heavy atom. The van der Waals surface area contributed by atoms with Gasteiger partial charge < -0.3 is 10.2 Å². The molecule has 0 saturated carbocycles. The van der Waals surface area contributed by atoms with Gasteiger partial charge in [-0.05, 0) is 33.7 Å². The molecule has 3 aromatic rings. The number of carboxylic acids is 2. The number of aliphatic carboxylic acids is 2. The number of carboxylic acid groups (broad SMARTS) is 2. The Morgan fingerprint density at radius 1 is 0.636 bits per heavy atom. The zero-order valence-corrected chi connectivity index (χ0v) is 11.9. The first-order valence-corrected chi connectivity index (χ1v) is 6.87. The summed E-state index contributed by atoms with van der Waals surface area (Å²) < 4.78 is 0. The number of hydrogen-bond donors (Lipinski definition) is 2. The highest BCUT2D eigenvalue weighted by molar-refractivity contribution is 5.98. The summed E-state index contributed by atoms with van der Waals surface area (Å²) >= 11 is 0. The minimum absolute atomic E-state index is 0.296. The topological polar surface area (TPSA) is 74.6 Å². The second kappa shape index (κ2) is 7.22. The van der Waals surface area contributed by atoms with Gasteiger partial charge in [-0.2, -0.15) is 0 Å². The molecule has 112 valence electrons. The van der Waals surface area contributed by atoms with E-state index in [9.17, 15) is 9.59 Å². The van der Waals surface area contributed by atoms with Gasteiger partial charge in [0.25, 0.3) is 0 Å². The van der Waals surface area contributed by atoms with E-state index in [1.54, 1.807) is 0 Å². The van der Waals surface area contributed by atoms with Gasteiger partial charge in [-0.1, -0.05) is 48.5 Å². The lowest BCUT2D eigenvalue weighted by atomic mass is 10.0. The average molecular weight is 296 g/mol. The van der Waals surface area contributed by atoms with Gasteiger partial charge in [-0.15, -0.1) is 0 Å². The molecule has 0 heterocycles. The van der Waals surface area contributed by atoms with Gasteiger partial charge in [-0.25, -0.2) is 0 Å². The van der Waals surface area contributed by atoms with Crippen LogP contribution in [0.4, 0.5) is 0 Å². The maximum absolute atomic E-state index is 9.64. The van der Waals surface area contributed by atoms with E-state index in [-0.39, 0.29) is 12.8 Å². The molecule has 0 aliphatic carbocycles. The second-order valence-corrected chi connectivity index (χ2v) is 4.83. The highest BCUT2D eigenvalue weighted by Gasteiger charge is 2.00. The van der Waals surface area contributed by atoms with Crippen LogP contribution in [0.5, 0.6) is 0 Å². The van der Waals surface area contributed by atoms with Crippen LogP contribution in [0.15, 0.2) is 60.7 Å². The summed E-state index contributed by atoms with van der Waals surface area (Å²) in [5.41, 5.74) is 0. The largest absolute Gasteiger partial charge is 0.481 e. The highest BCUT2D eigenvalue weighted by Crippen LogP contribution is 2.21. The van der Waals surface area contributed by atoms with E-state index in [0.717, 1.165) is 0 Å². The van der Waals surface area contributed by atoms with Crippen molar-refractivity contribution in [2.24, 2.45) is 0 Å². The molecule has 0 bridgehead atoms. The highest BCUT2D eigenvalue weighted by atomic mass is 16.4. The molecule has 0 radical (unpaired) electrons. The Bertz CT molecular complexity index is 689. The third kappa shape index (κ3) is 4.31. The minimum Gasteiger partial charge on any atom is -0.481 e. The summed E-state index contributed by atoms with van der Waals surface area (Å²) in [6.07, 6.45) is -0.593. The number of hydrogen-bond acceptors (Lipinski definition) is 2. The van der Waals surface area contributed by atoms with Crippen molar-refractivity contribution >= 4 is 33.5 Å². The Morgan fingerprint density at radius 3 is 1.14 bits per heavy atom. The molecule has 0 aliphatic rings. The summed E-state index contributed by atoms with van der Waals surface area (Å²) in [4.78, 5) is 19.3. The predicted molar refractivity (Wildman–Crippen MR) is 86.0 cm³/mol. The van der Waals surface area contributed by atoms with E-state index in [1.165, 1.54) is 21.5 Å². The molecule has 4 nitrogen and oxygen atoms in total. The van der Waals surface area contributed by atoms with Crippen LogP contribution in [0.1, 0.15) is 12.8 Å². The molecule has 4 heteroatoms. The van der Waals surface area contributed by atoms with Gasteiger partial charge in [-0.3, -0.25) is 9.59 Å². The van der Waals surface area contributed by atoms with E-state index in [2.05, 4.69) is 60.7 Å². The average Bonchev–Trinajstić information content (AvgIpc) is 2.51. The monoisotopic (exact) mass is 296 g/mol. The van der Waals surface area contributed by atoms with Crippen molar-refractivity contribution in [1.82, 2.24) is 0 Å². The number of rotatable bonds is 3. The molecular weight excluding hydrogens is 280 g/mol. The Balaban J connectivity index is 0.000000192. The van der Waals surface area contributed by atoms with E-state index >= 15 is 0 Å². The number of carbonyl (C=O) groups is 2. The molecule has 3 rings (SSSR count). The molecule has 0 aliphatic heterocycles. The van der Waals surface area contributed by atoms with Gasteiger partial charge >= 0.3 is 11.9 Å². The lowest BCUT2D eigenvalue weighted by Crippen LogP contribution is -2.00. The summed E-state index contributed by atoms with van der Waals surface area (Å²) in [5, 5.41) is 21.0. The molecule has 2 N–H and O–H groups in total. The van der Waals surface area contributed by atoms with Crippen molar-refractivity contribution in [3.8, 4) is 0 Å². The van der Waals surface area contributed by atoms with Crippen LogP contribution in [0, 0.1) is 0 Å². The third-order valence-electron chi connectivity index (χ3n) is 3.17. The third-order valence-corrected chi connectivity index (χ3v) is 3.17. The molecule has 3 aromatic carbocycles. The van der Waals surface area contributed by atoms with Crippen LogP contribution in [-0.4, -0.2) is 22.2 Å². The molecular formula is C18H16O4. The van der Waals surface area contributed by atoms with Crippen molar-refractivity contribution in [3.63, 3.8) is 0 Å². The fourth-order valence-corrected chi connectivity index (χ4v) is 2.10. The first kappa shape index (κ1) is 15.5. The minimum atomic E-state index is -1.08. The molecule has 0 saturated heterocycles. The standard InChI is InChI=1S/C14H10.C4H6O4/c1-2-6-12-10-14-8-4-3-7-13(14)9-11(12)5-1;5-3(6)1-2-4(7)8/h1-10H;1-2H2,(H,5,6)(H,7,8). The van der Waals surface area contributed by atoms with Gasteiger partial charge in [0.05, 0.1) is 12.8 Å². The Kier molecular flexibility index (Phi) is 5.09. The van der Waals surface area contributed by atoms with Crippen LogP contribution >= 0.6 is 0 Å². The molecule has 0 spiro atoms. The van der Waals surface area contributed by atoms with E-state index in [1.807, 2.05) is 0 Å². The van der Waals surface area contributed by atoms with Gasteiger partial charge in [0, 0.05) is 0 Å². The van der Waals surface area contributed by atoms with E-state index < -0.39 is 11.9 Å². The summed E-state index contributed by atoms with van der Waals surface area (Å²) in [5.74, 6) is -2.15. The van der Waals surface area contributed by atoms with Gasteiger partial charge in [0.2, 0.25) is 0 Å². The summed E-state index contributed by atoms with van der Waals surface area (Å²) in [6.45, 7) is 0. The smallest absolute Gasteiger partial charge is 0.303 e. The zero-order valence-electron chi connectivity index (χ0n) is 11.9. The lowest BCUT2D eigenvalue weighted by Gasteiger charge is -2.00. The fourth-order valence-electron chi connectivity index (χ4n) is 2.10. The van der Waals surface area contributed by atoms with Crippen molar-refractivity contribution in [1.29, 1.82) is 0 Å². The summed E-state index contributed by atoms with van der Waals surface area (Å²) in [7, 11) is 0. The van der Waals surface area contributed by atoms with E-state index in [4.69, 9.17) is 10.2 Å². The Labute approximate surface area is 127 Å². The van der Waals surface area contributed by atoms with Crippen LogP contribution in [0.3, 0.4) is 0 Å². The van der Waals surface area contributed by atoms with Gasteiger partial charge in [0.15, 0.2) is 0 Å². The van der Waals surface area contributed by atoms with Crippen LogP contribution in [0.25, 0.3) is 21.5 Å². The fraction of sp³-hybridized carbons (Fsp3) is 0.111. The van der Waals surface area contributed by atoms with Crippen LogP contribution in [-0.2, 0) is 9.59 Å². The lowest BCUT2D eigenvalue weighted by molar-refractivity contribution is -0.143. The molecule has 0 atom stereocenters. The number of fused-ring (bicyclic) bond motifs is 2. The van der Waals surface area contributed by atoms with Crippen molar-refractivity contribution in [2.75, 3.05) is 0 Å². The van der Waals surface area contributed by atoms with Crippen molar-refractivity contribution in [3.05, 3.63) is 60.7 Å². The quantitative estimate of drug-likeness (QED) is 0.718. The molecule has 22 heavy (non-hydrogen) atoms. The van der Waals surface area contributed by atoms with Crippen LogP contribution in [0.2, 0.25) is 0 Å². The van der Waals surface area contributed by atoms with Crippen LogP contribution < -0.4 is 0 Å². The second-order valence-electron chi connectivity index (χ2n) is 4.83. The first-order chi connectivity index (χ1) is 10.6. The Hall–Kier alpha value is -2.88. The van der Waals surface area contributed by atoms with E-state index in [0.29, 0.717) is 0 Å². The van der Waals surface area contributed by atoms with Crippen molar-refractivity contribution in [2.45, 2.75) is 12.8 Å². The maximum atomic E-state index is 9.64. The predicted octanol–water partition coefficient (Wildman–Crippen LogP) is 3.93. The molecule has 0 aromatic heterocycles. The SMILES string of the molecule is O=C(O)CCC(=O)O.c1ccc2cc3ccccc3cc2c1. The van der Waals surface area contributed by atoms with Crippen molar-refractivity contribution < 1.29 is 19.8 Å². The maximum Gasteiger partial charge on any atom is 0.303 e.